The largest absolute Gasteiger partial charge is 0.423 e. The molecule has 0 radical (unpaired) electrons. The Balaban J connectivity index is 1.74. The zero-order valence-electron chi connectivity index (χ0n) is 12.1. The molecule has 21 heavy (non-hydrogen) atoms. The summed E-state index contributed by atoms with van der Waals surface area (Å²) in [6.45, 7) is 0. The van der Waals surface area contributed by atoms with E-state index < -0.39 is 0 Å². The second-order valence-corrected chi connectivity index (χ2v) is 5.66. The smallest absolute Gasteiger partial charge is 0.343 e. The summed E-state index contributed by atoms with van der Waals surface area (Å²) in [6.07, 6.45) is 6.40. The van der Waals surface area contributed by atoms with Crippen molar-refractivity contribution >= 4 is 5.97 Å². The molecule has 1 aliphatic carbocycles. The van der Waals surface area contributed by atoms with E-state index >= 15 is 0 Å². The zero-order valence-corrected chi connectivity index (χ0v) is 12.1. The van der Waals surface area contributed by atoms with Crippen molar-refractivity contribution in [1.82, 2.24) is 0 Å². The van der Waals surface area contributed by atoms with Gasteiger partial charge in [-0.3, -0.25) is 0 Å². The summed E-state index contributed by atoms with van der Waals surface area (Å²) in [5.41, 5.74) is 1.92. The van der Waals surface area contributed by atoms with Crippen LogP contribution in [-0.2, 0) is 0 Å². The van der Waals surface area contributed by atoms with Gasteiger partial charge in [-0.1, -0.05) is 49.6 Å². The van der Waals surface area contributed by atoms with E-state index in [0.717, 1.165) is 0 Å². The van der Waals surface area contributed by atoms with Gasteiger partial charge >= 0.3 is 5.97 Å². The molecule has 2 aromatic rings. The van der Waals surface area contributed by atoms with Gasteiger partial charge in [-0.05, 0) is 48.6 Å². The van der Waals surface area contributed by atoms with Crippen molar-refractivity contribution in [3.63, 3.8) is 0 Å². The summed E-state index contributed by atoms with van der Waals surface area (Å²) >= 11 is 0. The highest BCUT2D eigenvalue weighted by Crippen LogP contribution is 2.32. The first kappa shape index (κ1) is 13.9. The van der Waals surface area contributed by atoms with E-state index in [1.807, 2.05) is 36.4 Å². The van der Waals surface area contributed by atoms with E-state index in [0.29, 0.717) is 17.2 Å². The van der Waals surface area contributed by atoms with E-state index in [4.69, 9.17) is 4.74 Å². The highest BCUT2D eigenvalue weighted by Gasteiger charge is 2.17. The van der Waals surface area contributed by atoms with Crippen LogP contribution in [0.4, 0.5) is 0 Å². The van der Waals surface area contributed by atoms with E-state index in [-0.39, 0.29) is 5.97 Å². The molecule has 0 N–H and O–H groups in total. The Morgan fingerprint density at radius 1 is 0.905 bits per heavy atom. The Hall–Kier alpha value is -2.09. The van der Waals surface area contributed by atoms with Crippen LogP contribution in [-0.4, -0.2) is 5.97 Å². The number of ether oxygens (including phenoxy) is 1. The van der Waals surface area contributed by atoms with E-state index in [1.54, 1.807) is 12.1 Å². The Kier molecular flexibility index (Phi) is 4.34. The first-order chi connectivity index (χ1) is 10.3. The zero-order chi connectivity index (χ0) is 14.5. The molecule has 0 aliphatic heterocycles. The van der Waals surface area contributed by atoms with Crippen LogP contribution in [0.5, 0.6) is 5.75 Å². The van der Waals surface area contributed by atoms with Crippen molar-refractivity contribution in [2.24, 2.45) is 0 Å². The van der Waals surface area contributed by atoms with Crippen LogP contribution in [0.3, 0.4) is 0 Å². The molecule has 3 rings (SSSR count). The van der Waals surface area contributed by atoms with E-state index in [1.165, 1.54) is 37.7 Å². The Morgan fingerprint density at radius 2 is 1.67 bits per heavy atom. The van der Waals surface area contributed by atoms with Gasteiger partial charge in [0, 0.05) is 0 Å². The van der Waals surface area contributed by atoms with E-state index in [2.05, 4.69) is 6.07 Å². The minimum absolute atomic E-state index is 0.279. The fourth-order valence-electron chi connectivity index (χ4n) is 3.01. The molecule has 2 nitrogen and oxygen atoms in total. The van der Waals surface area contributed by atoms with Crippen LogP contribution in [0.25, 0.3) is 0 Å². The molecule has 0 saturated heterocycles. The number of hydrogen-bond donors (Lipinski definition) is 0. The maximum Gasteiger partial charge on any atom is 0.343 e. The molecule has 0 bridgehead atoms. The highest BCUT2D eigenvalue weighted by atomic mass is 16.5. The summed E-state index contributed by atoms with van der Waals surface area (Å²) in [4.78, 5) is 12.2. The van der Waals surface area contributed by atoms with E-state index in [9.17, 15) is 4.79 Å². The van der Waals surface area contributed by atoms with Crippen LogP contribution in [0, 0.1) is 0 Å². The third-order valence-corrected chi connectivity index (χ3v) is 4.15. The summed E-state index contributed by atoms with van der Waals surface area (Å²) < 4.78 is 5.40. The van der Waals surface area contributed by atoms with Gasteiger partial charge in [-0.25, -0.2) is 4.79 Å². The van der Waals surface area contributed by atoms with Gasteiger partial charge < -0.3 is 4.74 Å². The van der Waals surface area contributed by atoms with Crippen LogP contribution in [0.1, 0.15) is 53.9 Å². The number of benzene rings is 2. The summed E-state index contributed by atoms with van der Waals surface area (Å²) in [5.74, 6) is 0.910. The van der Waals surface area contributed by atoms with Gasteiger partial charge in [-0.15, -0.1) is 0 Å². The van der Waals surface area contributed by atoms with Crippen molar-refractivity contribution in [2.75, 3.05) is 0 Å². The number of rotatable bonds is 3. The molecule has 0 atom stereocenters. The predicted molar refractivity (Wildman–Crippen MR) is 83.7 cm³/mol. The minimum Gasteiger partial charge on any atom is -0.423 e. The van der Waals surface area contributed by atoms with Crippen LogP contribution < -0.4 is 4.74 Å². The minimum atomic E-state index is -0.279. The molecule has 0 heterocycles. The average molecular weight is 280 g/mol. The molecule has 1 saturated carbocycles. The molecule has 108 valence electrons. The Morgan fingerprint density at radius 3 is 2.43 bits per heavy atom. The standard InChI is InChI=1S/C19H20O2/c20-19(21-18-12-5-2-6-13-18)17-11-7-10-16(14-17)15-8-3-1-4-9-15/h2,5-7,10-15H,1,3-4,8-9H2. The van der Waals surface area contributed by atoms with Crippen LogP contribution in [0.15, 0.2) is 54.6 Å². The fourth-order valence-corrected chi connectivity index (χ4v) is 3.01. The monoisotopic (exact) mass is 280 g/mol. The molecule has 0 unspecified atom stereocenters. The van der Waals surface area contributed by atoms with Crippen LogP contribution in [0.2, 0.25) is 0 Å². The molecule has 1 aliphatic rings. The van der Waals surface area contributed by atoms with Crippen molar-refractivity contribution in [2.45, 2.75) is 38.0 Å². The van der Waals surface area contributed by atoms with Gasteiger partial charge in [0.1, 0.15) is 5.75 Å². The quantitative estimate of drug-likeness (QED) is 0.587. The lowest BCUT2D eigenvalue weighted by atomic mass is 9.84. The fraction of sp³-hybridized carbons (Fsp3) is 0.316. The van der Waals surface area contributed by atoms with Crippen LogP contribution >= 0.6 is 0 Å². The highest BCUT2D eigenvalue weighted by molar-refractivity contribution is 5.91. The maximum atomic E-state index is 12.2. The molecule has 2 heteroatoms. The molecule has 0 amide bonds. The average Bonchev–Trinajstić information content (AvgIpc) is 2.57. The molecule has 0 aromatic heterocycles. The summed E-state index contributed by atoms with van der Waals surface area (Å²) in [6, 6.07) is 17.1. The molecule has 2 aromatic carbocycles. The Bertz CT molecular complexity index is 598. The SMILES string of the molecule is O=C(Oc1ccccc1)c1cccc(C2CCCCC2)c1. The first-order valence-corrected chi connectivity index (χ1v) is 7.70. The lowest BCUT2D eigenvalue weighted by Gasteiger charge is -2.22. The number of hydrogen-bond acceptors (Lipinski definition) is 2. The van der Waals surface area contributed by atoms with Crippen molar-refractivity contribution in [3.8, 4) is 5.75 Å². The summed E-state index contributed by atoms with van der Waals surface area (Å²) in [7, 11) is 0. The third-order valence-electron chi connectivity index (χ3n) is 4.15. The predicted octanol–water partition coefficient (Wildman–Crippen LogP) is 4.95. The number of esters is 1. The number of carbonyl (C=O) groups excluding carboxylic acids is 1. The molecular formula is C19H20O2. The van der Waals surface area contributed by atoms with Crippen molar-refractivity contribution in [1.29, 1.82) is 0 Å². The van der Waals surface area contributed by atoms with Gasteiger partial charge in [0.25, 0.3) is 0 Å². The maximum absolute atomic E-state index is 12.2. The normalized spacial score (nSPS) is 15.6. The number of carbonyl (C=O) groups is 1. The van der Waals surface area contributed by atoms with Crippen molar-refractivity contribution in [3.05, 3.63) is 65.7 Å². The Labute approximate surface area is 125 Å². The summed E-state index contributed by atoms with van der Waals surface area (Å²) in [5, 5.41) is 0. The lowest BCUT2D eigenvalue weighted by molar-refractivity contribution is 0.0734. The van der Waals surface area contributed by atoms with Gasteiger partial charge in [0.2, 0.25) is 0 Å². The molecular weight excluding hydrogens is 260 g/mol. The molecule has 1 fully saturated rings. The lowest BCUT2D eigenvalue weighted by Crippen LogP contribution is -2.10. The molecule has 0 spiro atoms. The second kappa shape index (κ2) is 6.57. The second-order valence-electron chi connectivity index (χ2n) is 5.66. The van der Waals surface area contributed by atoms with Gasteiger partial charge in [0.05, 0.1) is 5.56 Å². The first-order valence-electron chi connectivity index (χ1n) is 7.70. The van der Waals surface area contributed by atoms with Crippen molar-refractivity contribution < 1.29 is 9.53 Å². The topological polar surface area (TPSA) is 26.3 Å². The third kappa shape index (κ3) is 3.52. The van der Waals surface area contributed by atoms with Gasteiger partial charge in [0.15, 0.2) is 0 Å². The number of para-hydroxylation sites is 1. The van der Waals surface area contributed by atoms with Gasteiger partial charge in [-0.2, -0.15) is 0 Å².